The van der Waals surface area contributed by atoms with Crippen LogP contribution < -0.4 is 11.1 Å². The number of thiazole rings is 1. The number of hydrogen-bond acceptors (Lipinski definition) is 4. The molecule has 0 spiro atoms. The van der Waals surface area contributed by atoms with Gasteiger partial charge in [-0.05, 0) is 44.2 Å². The first kappa shape index (κ1) is 15.2. The molecule has 0 saturated carbocycles. The van der Waals surface area contributed by atoms with Crippen LogP contribution in [-0.4, -0.2) is 10.9 Å². The summed E-state index contributed by atoms with van der Waals surface area (Å²) in [4.78, 5) is 18.0. The molecule has 2 aromatic carbocycles. The van der Waals surface area contributed by atoms with E-state index < -0.39 is 0 Å². The summed E-state index contributed by atoms with van der Waals surface area (Å²) in [6.07, 6.45) is 0. The van der Waals surface area contributed by atoms with Crippen LogP contribution in [0.25, 0.3) is 10.6 Å². The number of benzene rings is 2. The topological polar surface area (TPSA) is 68.0 Å². The number of aromatic nitrogens is 1. The van der Waals surface area contributed by atoms with Crippen LogP contribution in [0, 0.1) is 13.8 Å². The molecular weight excluding hydrogens is 306 g/mol. The van der Waals surface area contributed by atoms with Gasteiger partial charge in [0, 0.05) is 16.0 Å². The Hall–Kier alpha value is -2.66. The van der Waals surface area contributed by atoms with Gasteiger partial charge in [-0.3, -0.25) is 4.79 Å². The molecule has 0 saturated heterocycles. The van der Waals surface area contributed by atoms with Crippen molar-refractivity contribution in [2.45, 2.75) is 13.8 Å². The summed E-state index contributed by atoms with van der Waals surface area (Å²) >= 11 is 1.63. The maximum absolute atomic E-state index is 12.3. The van der Waals surface area contributed by atoms with Crippen LogP contribution in [0.1, 0.15) is 20.9 Å². The third-order valence-electron chi connectivity index (χ3n) is 3.61. The molecule has 1 amide bonds. The Morgan fingerprint density at radius 2 is 1.87 bits per heavy atom. The molecule has 0 aliphatic carbocycles. The number of carbonyl (C=O) groups excluding carboxylic acids is 1. The summed E-state index contributed by atoms with van der Waals surface area (Å²) in [7, 11) is 0. The van der Waals surface area contributed by atoms with E-state index in [1.807, 2.05) is 44.2 Å². The van der Waals surface area contributed by atoms with Crippen molar-refractivity contribution in [2.75, 3.05) is 11.1 Å². The van der Waals surface area contributed by atoms with Crippen molar-refractivity contribution in [2.24, 2.45) is 0 Å². The summed E-state index contributed by atoms with van der Waals surface area (Å²) < 4.78 is 0. The van der Waals surface area contributed by atoms with Gasteiger partial charge in [0.15, 0.2) is 0 Å². The first-order chi connectivity index (χ1) is 11.0. The number of amides is 1. The van der Waals surface area contributed by atoms with E-state index in [1.165, 1.54) is 4.88 Å². The summed E-state index contributed by atoms with van der Waals surface area (Å²) in [5, 5.41) is 3.80. The van der Waals surface area contributed by atoms with E-state index in [-0.39, 0.29) is 5.91 Å². The zero-order valence-electron chi connectivity index (χ0n) is 13.0. The van der Waals surface area contributed by atoms with Crippen LogP contribution >= 0.6 is 11.3 Å². The maximum atomic E-state index is 12.3. The average Bonchev–Trinajstić information content (AvgIpc) is 2.89. The number of anilines is 2. The number of nitrogens with one attached hydrogen (secondary N) is 1. The van der Waals surface area contributed by atoms with Gasteiger partial charge in [-0.1, -0.05) is 18.2 Å². The van der Waals surface area contributed by atoms with Crippen molar-refractivity contribution in [3.63, 3.8) is 0 Å². The second kappa shape index (κ2) is 6.22. The minimum Gasteiger partial charge on any atom is -0.397 e. The highest BCUT2D eigenvalue weighted by molar-refractivity contribution is 7.15. The molecule has 3 aromatic rings. The molecule has 0 bridgehead atoms. The Balaban J connectivity index is 1.90. The molecule has 0 aliphatic heterocycles. The monoisotopic (exact) mass is 323 g/mol. The molecule has 23 heavy (non-hydrogen) atoms. The van der Waals surface area contributed by atoms with Crippen LogP contribution in [0.5, 0.6) is 0 Å². The van der Waals surface area contributed by atoms with Gasteiger partial charge in [0.1, 0.15) is 5.01 Å². The summed E-state index contributed by atoms with van der Waals surface area (Å²) in [6.45, 7) is 4.04. The molecule has 116 valence electrons. The molecule has 3 N–H and O–H groups in total. The predicted molar refractivity (Wildman–Crippen MR) is 95.8 cm³/mol. The molecule has 1 aromatic heterocycles. The lowest BCUT2D eigenvalue weighted by Gasteiger charge is -2.09. The Labute approximate surface area is 139 Å². The molecular formula is C18H17N3OS. The fourth-order valence-corrected chi connectivity index (χ4v) is 3.09. The van der Waals surface area contributed by atoms with E-state index >= 15 is 0 Å². The normalized spacial score (nSPS) is 10.5. The number of aryl methyl sites for hydroxylation is 2. The molecule has 4 nitrogen and oxygen atoms in total. The number of rotatable bonds is 3. The smallest absolute Gasteiger partial charge is 0.255 e. The van der Waals surface area contributed by atoms with Crippen molar-refractivity contribution >= 4 is 28.6 Å². The lowest BCUT2D eigenvalue weighted by molar-refractivity contribution is 0.102. The fourth-order valence-electron chi connectivity index (χ4n) is 2.18. The van der Waals surface area contributed by atoms with Crippen molar-refractivity contribution < 1.29 is 4.79 Å². The summed E-state index contributed by atoms with van der Waals surface area (Å²) in [6, 6.07) is 14.7. The van der Waals surface area contributed by atoms with E-state index in [1.54, 1.807) is 29.5 Å². The van der Waals surface area contributed by atoms with Crippen molar-refractivity contribution in [1.29, 1.82) is 0 Å². The van der Waals surface area contributed by atoms with Crippen LogP contribution in [-0.2, 0) is 0 Å². The first-order valence-electron chi connectivity index (χ1n) is 7.25. The Kier molecular flexibility index (Phi) is 4.12. The van der Waals surface area contributed by atoms with Gasteiger partial charge < -0.3 is 11.1 Å². The third-order valence-corrected chi connectivity index (χ3v) is 4.73. The van der Waals surface area contributed by atoms with Crippen LogP contribution in [0.2, 0.25) is 0 Å². The quantitative estimate of drug-likeness (QED) is 0.708. The SMILES string of the molecule is Cc1nc(-c2ccc(N)c(NC(=O)c3ccccc3)c2)sc1C. The van der Waals surface area contributed by atoms with Crippen LogP contribution in [0.4, 0.5) is 11.4 Å². The Bertz CT molecular complexity index is 836. The van der Waals surface area contributed by atoms with Crippen molar-refractivity contribution in [1.82, 2.24) is 4.98 Å². The molecule has 3 rings (SSSR count). The van der Waals surface area contributed by atoms with Gasteiger partial charge >= 0.3 is 0 Å². The van der Waals surface area contributed by atoms with E-state index in [0.29, 0.717) is 16.9 Å². The molecule has 0 atom stereocenters. The van der Waals surface area contributed by atoms with Crippen LogP contribution in [0.3, 0.4) is 0 Å². The zero-order valence-corrected chi connectivity index (χ0v) is 13.8. The number of nitrogens with zero attached hydrogens (tertiary/aromatic N) is 1. The number of nitrogens with two attached hydrogens (primary N) is 1. The van der Waals surface area contributed by atoms with Gasteiger partial charge in [-0.2, -0.15) is 0 Å². The summed E-state index contributed by atoms with van der Waals surface area (Å²) in [5.41, 5.74) is 9.70. The van der Waals surface area contributed by atoms with Crippen molar-refractivity contribution in [3.05, 3.63) is 64.7 Å². The van der Waals surface area contributed by atoms with Gasteiger partial charge in [-0.25, -0.2) is 4.98 Å². The lowest BCUT2D eigenvalue weighted by Crippen LogP contribution is -2.13. The van der Waals surface area contributed by atoms with Gasteiger partial charge in [0.05, 0.1) is 17.1 Å². The number of carbonyl (C=O) groups is 1. The molecule has 0 fully saturated rings. The second-order valence-corrected chi connectivity index (χ2v) is 6.49. The highest BCUT2D eigenvalue weighted by atomic mass is 32.1. The fraction of sp³-hybridized carbons (Fsp3) is 0.111. The van der Waals surface area contributed by atoms with Gasteiger partial charge in [0.25, 0.3) is 5.91 Å². The molecule has 1 heterocycles. The minimum atomic E-state index is -0.180. The van der Waals surface area contributed by atoms with Crippen LogP contribution in [0.15, 0.2) is 48.5 Å². The molecule has 5 heteroatoms. The Morgan fingerprint density at radius 1 is 1.13 bits per heavy atom. The minimum absolute atomic E-state index is 0.180. The highest BCUT2D eigenvalue weighted by Crippen LogP contribution is 2.31. The zero-order chi connectivity index (χ0) is 16.4. The molecule has 0 unspecified atom stereocenters. The van der Waals surface area contributed by atoms with Gasteiger partial charge in [0.2, 0.25) is 0 Å². The summed E-state index contributed by atoms with van der Waals surface area (Å²) in [5.74, 6) is -0.180. The first-order valence-corrected chi connectivity index (χ1v) is 8.06. The lowest BCUT2D eigenvalue weighted by atomic mass is 10.1. The largest absolute Gasteiger partial charge is 0.397 e. The Morgan fingerprint density at radius 3 is 2.52 bits per heavy atom. The predicted octanol–water partition coefficient (Wildman–Crippen LogP) is 4.26. The number of nitrogen functional groups attached to an aromatic ring is 1. The number of hydrogen-bond donors (Lipinski definition) is 2. The van der Waals surface area contributed by atoms with Gasteiger partial charge in [-0.15, -0.1) is 11.3 Å². The molecule has 0 aliphatic rings. The third kappa shape index (κ3) is 3.24. The second-order valence-electron chi connectivity index (χ2n) is 5.28. The van der Waals surface area contributed by atoms with E-state index in [9.17, 15) is 4.79 Å². The van der Waals surface area contributed by atoms with E-state index in [2.05, 4.69) is 10.3 Å². The van der Waals surface area contributed by atoms with Crippen molar-refractivity contribution in [3.8, 4) is 10.6 Å². The standard InChI is InChI=1S/C18H17N3OS/c1-11-12(2)23-18(20-11)14-8-9-15(19)16(10-14)21-17(22)13-6-4-3-5-7-13/h3-10H,19H2,1-2H3,(H,21,22). The highest BCUT2D eigenvalue weighted by Gasteiger charge is 2.11. The molecule has 0 radical (unpaired) electrons. The average molecular weight is 323 g/mol. The van der Waals surface area contributed by atoms with E-state index in [0.717, 1.165) is 16.3 Å². The maximum Gasteiger partial charge on any atom is 0.255 e. The van der Waals surface area contributed by atoms with E-state index in [4.69, 9.17) is 5.73 Å².